The molecule has 2 aromatic rings. The van der Waals surface area contributed by atoms with Gasteiger partial charge in [0.2, 0.25) is 0 Å². The Bertz CT molecular complexity index is 692. The van der Waals surface area contributed by atoms with Gasteiger partial charge >= 0.3 is 0 Å². The fourth-order valence-corrected chi connectivity index (χ4v) is 4.18. The van der Waals surface area contributed by atoms with Gasteiger partial charge in [-0.1, -0.05) is 29.3 Å². The largest absolute Gasteiger partial charge is 0.312 e. The number of hydrogen-bond donors (Lipinski definition) is 1. The van der Waals surface area contributed by atoms with Gasteiger partial charge in [-0.25, -0.2) is 0 Å². The second-order valence-corrected chi connectivity index (χ2v) is 7.35. The van der Waals surface area contributed by atoms with Crippen molar-refractivity contribution >= 4 is 0 Å². The smallest absolute Gasteiger partial charge is 0.147 e. The molecule has 128 valence electrons. The highest BCUT2D eigenvalue weighted by Crippen LogP contribution is 2.28. The zero-order valence-corrected chi connectivity index (χ0v) is 14.8. The minimum absolute atomic E-state index is 0.569. The Kier molecular flexibility index (Phi) is 4.37. The van der Waals surface area contributed by atoms with Gasteiger partial charge in [0.25, 0.3) is 0 Å². The number of rotatable bonds is 3. The Balaban J connectivity index is 1.39. The maximum absolute atomic E-state index is 4.51. The van der Waals surface area contributed by atoms with Crippen LogP contribution >= 0.6 is 0 Å². The summed E-state index contributed by atoms with van der Waals surface area (Å²) < 4.78 is 2.35. The van der Waals surface area contributed by atoms with E-state index in [1.54, 1.807) is 0 Å². The molecule has 1 aromatic heterocycles. The standard InChI is InChI=1S/C19H27N5/c1-14-9-15(2)11-16(10-14)13-23-6-3-17(4-7-23)19-22-21-18-12-20-5-8-24(18)19/h9-11,17,20H,3-8,12-13H2,1-2H3. The molecule has 3 heterocycles. The van der Waals surface area contributed by atoms with Crippen molar-refractivity contribution in [3.05, 3.63) is 46.5 Å². The molecule has 0 saturated carbocycles. The Labute approximate surface area is 144 Å². The molecule has 1 fully saturated rings. The third-order valence-electron chi connectivity index (χ3n) is 5.29. The van der Waals surface area contributed by atoms with Crippen molar-refractivity contribution in [2.45, 2.75) is 52.2 Å². The van der Waals surface area contributed by atoms with Crippen LogP contribution in [0.15, 0.2) is 18.2 Å². The van der Waals surface area contributed by atoms with E-state index in [1.807, 2.05) is 0 Å². The third kappa shape index (κ3) is 3.23. The molecular formula is C19H27N5. The molecule has 1 N–H and O–H groups in total. The van der Waals surface area contributed by atoms with Gasteiger partial charge in [-0.3, -0.25) is 4.90 Å². The van der Waals surface area contributed by atoms with E-state index in [0.29, 0.717) is 5.92 Å². The average Bonchev–Trinajstić information content (AvgIpc) is 2.99. The molecule has 0 radical (unpaired) electrons. The summed E-state index contributed by atoms with van der Waals surface area (Å²) in [6.45, 7) is 10.6. The van der Waals surface area contributed by atoms with E-state index in [0.717, 1.165) is 45.1 Å². The summed E-state index contributed by atoms with van der Waals surface area (Å²) in [4.78, 5) is 2.58. The number of piperidine rings is 1. The van der Waals surface area contributed by atoms with Crippen molar-refractivity contribution in [3.8, 4) is 0 Å². The first-order valence-corrected chi connectivity index (χ1v) is 9.11. The van der Waals surface area contributed by atoms with Crippen LogP contribution in [0.1, 0.15) is 47.1 Å². The zero-order chi connectivity index (χ0) is 16.5. The number of nitrogens with zero attached hydrogens (tertiary/aromatic N) is 4. The monoisotopic (exact) mass is 325 g/mol. The highest BCUT2D eigenvalue weighted by Gasteiger charge is 2.26. The van der Waals surface area contributed by atoms with Gasteiger partial charge in [0.05, 0.1) is 6.54 Å². The number of likely N-dealkylation sites (tertiary alicyclic amines) is 1. The van der Waals surface area contributed by atoms with E-state index in [4.69, 9.17) is 0 Å². The minimum Gasteiger partial charge on any atom is -0.312 e. The van der Waals surface area contributed by atoms with E-state index in [2.05, 4.69) is 57.0 Å². The third-order valence-corrected chi connectivity index (χ3v) is 5.29. The fraction of sp³-hybridized carbons (Fsp3) is 0.579. The Morgan fingerprint density at radius 3 is 2.54 bits per heavy atom. The highest BCUT2D eigenvalue weighted by atomic mass is 15.3. The van der Waals surface area contributed by atoms with Gasteiger partial charge in [-0.05, 0) is 45.3 Å². The number of nitrogens with one attached hydrogen (secondary N) is 1. The molecule has 5 nitrogen and oxygen atoms in total. The molecule has 2 aliphatic heterocycles. The first kappa shape index (κ1) is 15.8. The predicted octanol–water partition coefficient (Wildman–Crippen LogP) is 2.38. The summed E-state index contributed by atoms with van der Waals surface area (Å²) >= 11 is 0. The summed E-state index contributed by atoms with van der Waals surface area (Å²) in [6.07, 6.45) is 2.38. The van der Waals surface area contributed by atoms with Crippen LogP contribution < -0.4 is 5.32 Å². The lowest BCUT2D eigenvalue weighted by atomic mass is 9.95. The number of aromatic nitrogens is 3. The quantitative estimate of drug-likeness (QED) is 0.941. The second kappa shape index (κ2) is 6.65. The first-order valence-electron chi connectivity index (χ1n) is 9.11. The predicted molar refractivity (Wildman–Crippen MR) is 94.9 cm³/mol. The second-order valence-electron chi connectivity index (χ2n) is 7.35. The van der Waals surface area contributed by atoms with Gasteiger partial charge in [-0.15, -0.1) is 10.2 Å². The van der Waals surface area contributed by atoms with Crippen LogP contribution in [0.25, 0.3) is 0 Å². The van der Waals surface area contributed by atoms with Crippen molar-refractivity contribution in [1.82, 2.24) is 25.0 Å². The minimum atomic E-state index is 0.569. The molecule has 0 unspecified atom stereocenters. The lowest BCUT2D eigenvalue weighted by Gasteiger charge is -2.32. The van der Waals surface area contributed by atoms with Gasteiger partial charge in [0, 0.05) is 25.6 Å². The van der Waals surface area contributed by atoms with Gasteiger partial charge in [-0.2, -0.15) is 0 Å². The number of fused-ring (bicyclic) bond motifs is 1. The number of hydrogen-bond acceptors (Lipinski definition) is 4. The van der Waals surface area contributed by atoms with Crippen molar-refractivity contribution in [2.24, 2.45) is 0 Å². The van der Waals surface area contributed by atoms with Crippen molar-refractivity contribution in [1.29, 1.82) is 0 Å². The maximum Gasteiger partial charge on any atom is 0.147 e. The SMILES string of the molecule is Cc1cc(C)cc(CN2CCC(c3nnc4n3CCNC4)CC2)c1. The molecule has 0 spiro atoms. The highest BCUT2D eigenvalue weighted by molar-refractivity contribution is 5.28. The Morgan fingerprint density at radius 2 is 1.79 bits per heavy atom. The van der Waals surface area contributed by atoms with E-state index in [1.165, 1.54) is 35.4 Å². The number of benzene rings is 1. The van der Waals surface area contributed by atoms with E-state index in [9.17, 15) is 0 Å². The molecule has 1 saturated heterocycles. The molecular weight excluding hydrogens is 298 g/mol. The van der Waals surface area contributed by atoms with Gasteiger partial charge in [0.1, 0.15) is 11.6 Å². The van der Waals surface area contributed by atoms with Gasteiger partial charge < -0.3 is 9.88 Å². The first-order chi connectivity index (χ1) is 11.7. The summed E-state index contributed by atoms with van der Waals surface area (Å²) in [6, 6.07) is 6.89. The zero-order valence-electron chi connectivity index (χ0n) is 14.8. The molecule has 2 aliphatic rings. The Morgan fingerprint density at radius 1 is 1.04 bits per heavy atom. The molecule has 0 atom stereocenters. The van der Waals surface area contributed by atoms with E-state index in [-0.39, 0.29) is 0 Å². The molecule has 0 amide bonds. The van der Waals surface area contributed by atoms with Crippen molar-refractivity contribution in [2.75, 3.05) is 19.6 Å². The maximum atomic E-state index is 4.51. The van der Waals surface area contributed by atoms with Crippen LogP contribution in [-0.2, 0) is 19.6 Å². The molecule has 24 heavy (non-hydrogen) atoms. The summed E-state index contributed by atoms with van der Waals surface area (Å²) in [7, 11) is 0. The van der Waals surface area contributed by atoms with Crippen LogP contribution in [0.3, 0.4) is 0 Å². The van der Waals surface area contributed by atoms with Crippen LogP contribution in [0.2, 0.25) is 0 Å². The number of aryl methyl sites for hydroxylation is 2. The lowest BCUT2D eigenvalue weighted by molar-refractivity contribution is 0.199. The van der Waals surface area contributed by atoms with Gasteiger partial charge in [0.15, 0.2) is 0 Å². The molecule has 1 aromatic carbocycles. The molecule has 4 rings (SSSR count). The van der Waals surface area contributed by atoms with Crippen LogP contribution in [-0.4, -0.2) is 39.3 Å². The summed E-state index contributed by atoms with van der Waals surface area (Å²) in [5.74, 6) is 2.89. The molecule has 0 aliphatic carbocycles. The fourth-order valence-electron chi connectivity index (χ4n) is 4.18. The van der Waals surface area contributed by atoms with Crippen LogP contribution in [0.5, 0.6) is 0 Å². The van der Waals surface area contributed by atoms with Crippen LogP contribution in [0, 0.1) is 13.8 Å². The van der Waals surface area contributed by atoms with E-state index < -0.39 is 0 Å². The van der Waals surface area contributed by atoms with Crippen LogP contribution in [0.4, 0.5) is 0 Å². The summed E-state index contributed by atoms with van der Waals surface area (Å²) in [5, 5.41) is 12.3. The van der Waals surface area contributed by atoms with E-state index >= 15 is 0 Å². The molecule has 5 heteroatoms. The van der Waals surface area contributed by atoms with Crippen molar-refractivity contribution in [3.63, 3.8) is 0 Å². The summed E-state index contributed by atoms with van der Waals surface area (Å²) in [5.41, 5.74) is 4.17. The normalized spacial score (nSPS) is 19.4. The molecule has 0 bridgehead atoms. The average molecular weight is 325 g/mol. The topological polar surface area (TPSA) is 46.0 Å². The lowest BCUT2D eigenvalue weighted by Crippen LogP contribution is -2.34. The van der Waals surface area contributed by atoms with Crippen molar-refractivity contribution < 1.29 is 0 Å². The Hall–Kier alpha value is -1.72.